The summed E-state index contributed by atoms with van der Waals surface area (Å²) >= 11 is 0. The average molecular weight is 278 g/mol. The Balaban J connectivity index is 1.96. The lowest BCUT2D eigenvalue weighted by molar-refractivity contribution is -0.141. The van der Waals surface area contributed by atoms with Crippen molar-refractivity contribution in [3.63, 3.8) is 0 Å². The van der Waals surface area contributed by atoms with Crippen molar-refractivity contribution < 1.29 is 17.4 Å². The molecule has 2 heterocycles. The largest absolute Gasteiger partial charge is 0.433 e. The smallest absolute Gasteiger partial charge is 0.381 e. The Morgan fingerprint density at radius 2 is 1.94 bits per heavy atom. The minimum atomic E-state index is -4.40. The molecule has 0 spiro atoms. The van der Waals surface area contributed by atoms with E-state index in [2.05, 4.69) is 10.3 Å². The molecule has 1 fully saturated rings. The molecule has 7 heteroatoms. The molecule has 18 heavy (non-hydrogen) atoms. The van der Waals surface area contributed by atoms with Crippen LogP contribution in [0.3, 0.4) is 0 Å². The summed E-state index contributed by atoms with van der Waals surface area (Å²) in [6, 6.07) is 2.51. The molecule has 1 aliphatic rings. The van der Waals surface area contributed by atoms with Gasteiger partial charge in [-0.3, -0.25) is 4.21 Å². The Hall–Kier alpha value is -1.11. The number of rotatable bonds is 2. The molecule has 1 aliphatic heterocycles. The average Bonchev–Trinajstić information content (AvgIpc) is 2.32. The fourth-order valence-electron chi connectivity index (χ4n) is 1.82. The highest BCUT2D eigenvalue weighted by Gasteiger charge is 2.32. The standard InChI is InChI=1S/C11H13F3N2OS/c12-11(13,14)10-2-1-9(7-15-10)16-8-3-5-18(17)6-4-8/h1-2,7-8,16H,3-6H2. The van der Waals surface area contributed by atoms with E-state index in [4.69, 9.17) is 0 Å². The van der Waals surface area contributed by atoms with E-state index in [9.17, 15) is 17.4 Å². The Labute approximate surface area is 105 Å². The van der Waals surface area contributed by atoms with Crippen LogP contribution in [0, 0.1) is 0 Å². The maximum atomic E-state index is 12.3. The van der Waals surface area contributed by atoms with Gasteiger partial charge in [0.15, 0.2) is 0 Å². The summed E-state index contributed by atoms with van der Waals surface area (Å²) in [4.78, 5) is 3.38. The summed E-state index contributed by atoms with van der Waals surface area (Å²) < 4.78 is 48.1. The first-order valence-electron chi connectivity index (χ1n) is 5.60. The summed E-state index contributed by atoms with van der Waals surface area (Å²) in [5, 5.41) is 3.12. The number of anilines is 1. The molecule has 100 valence electrons. The minimum Gasteiger partial charge on any atom is -0.381 e. The Morgan fingerprint density at radius 1 is 1.28 bits per heavy atom. The summed E-state index contributed by atoms with van der Waals surface area (Å²) in [5.74, 6) is 1.29. The zero-order chi connectivity index (χ0) is 13.2. The van der Waals surface area contributed by atoms with Gasteiger partial charge in [-0.25, -0.2) is 4.98 Å². The molecule has 3 nitrogen and oxygen atoms in total. The van der Waals surface area contributed by atoms with Crippen molar-refractivity contribution in [2.75, 3.05) is 16.8 Å². The third kappa shape index (κ3) is 3.44. The predicted molar refractivity (Wildman–Crippen MR) is 63.8 cm³/mol. The Morgan fingerprint density at radius 3 is 2.44 bits per heavy atom. The molecule has 1 saturated heterocycles. The molecule has 0 aliphatic carbocycles. The van der Waals surface area contributed by atoms with E-state index in [1.807, 2.05) is 0 Å². The summed E-state index contributed by atoms with van der Waals surface area (Å²) in [7, 11) is -0.739. The number of aromatic nitrogens is 1. The van der Waals surface area contributed by atoms with Crippen LogP contribution in [0.25, 0.3) is 0 Å². The van der Waals surface area contributed by atoms with Crippen molar-refractivity contribution in [2.45, 2.75) is 25.1 Å². The van der Waals surface area contributed by atoms with Gasteiger partial charge in [0.2, 0.25) is 0 Å². The van der Waals surface area contributed by atoms with Crippen LogP contribution < -0.4 is 5.32 Å². The number of pyridine rings is 1. The van der Waals surface area contributed by atoms with Gasteiger partial charge in [-0.05, 0) is 25.0 Å². The molecular formula is C11H13F3N2OS. The van der Waals surface area contributed by atoms with Gasteiger partial charge in [-0.15, -0.1) is 0 Å². The van der Waals surface area contributed by atoms with Gasteiger partial charge in [-0.2, -0.15) is 13.2 Å². The lowest BCUT2D eigenvalue weighted by atomic mass is 10.1. The van der Waals surface area contributed by atoms with Crippen LogP contribution in [0.2, 0.25) is 0 Å². The van der Waals surface area contributed by atoms with Crippen LogP contribution in [0.1, 0.15) is 18.5 Å². The van der Waals surface area contributed by atoms with Gasteiger partial charge in [-0.1, -0.05) is 0 Å². The second-order valence-corrected chi connectivity index (χ2v) is 5.89. The lowest BCUT2D eigenvalue weighted by Gasteiger charge is -2.23. The van der Waals surface area contributed by atoms with Crippen LogP contribution in [-0.4, -0.2) is 26.7 Å². The summed E-state index contributed by atoms with van der Waals surface area (Å²) in [6.45, 7) is 0. The van der Waals surface area contributed by atoms with Crippen molar-refractivity contribution in [3.05, 3.63) is 24.0 Å². The van der Waals surface area contributed by atoms with Crippen LogP contribution in [0.15, 0.2) is 18.3 Å². The number of hydrogen-bond acceptors (Lipinski definition) is 3. The first kappa shape index (κ1) is 13.3. The minimum absolute atomic E-state index is 0.168. The highest BCUT2D eigenvalue weighted by molar-refractivity contribution is 7.85. The van der Waals surface area contributed by atoms with E-state index < -0.39 is 22.7 Å². The van der Waals surface area contributed by atoms with E-state index in [0.29, 0.717) is 17.2 Å². The third-order valence-corrected chi connectivity index (χ3v) is 4.19. The maximum absolute atomic E-state index is 12.3. The molecule has 1 aromatic heterocycles. The van der Waals surface area contributed by atoms with Crippen molar-refractivity contribution in [1.29, 1.82) is 0 Å². The van der Waals surface area contributed by atoms with Gasteiger partial charge in [0.1, 0.15) is 5.69 Å². The molecule has 0 saturated carbocycles. The van der Waals surface area contributed by atoms with Crippen molar-refractivity contribution in [3.8, 4) is 0 Å². The highest BCUT2D eigenvalue weighted by atomic mass is 32.2. The molecule has 2 rings (SSSR count). The van der Waals surface area contributed by atoms with Gasteiger partial charge in [0.25, 0.3) is 0 Å². The van der Waals surface area contributed by atoms with Gasteiger partial charge >= 0.3 is 6.18 Å². The Bertz CT molecular complexity index is 423. The molecule has 0 atom stereocenters. The van der Waals surface area contributed by atoms with Crippen LogP contribution in [0.4, 0.5) is 18.9 Å². The van der Waals surface area contributed by atoms with Gasteiger partial charge in [0, 0.05) is 28.3 Å². The van der Waals surface area contributed by atoms with E-state index in [0.717, 1.165) is 18.9 Å². The second kappa shape index (κ2) is 5.26. The number of nitrogens with zero attached hydrogens (tertiary/aromatic N) is 1. The van der Waals surface area contributed by atoms with Crippen molar-refractivity contribution in [1.82, 2.24) is 4.98 Å². The highest BCUT2D eigenvalue weighted by Crippen LogP contribution is 2.28. The van der Waals surface area contributed by atoms with E-state index in [1.165, 1.54) is 12.3 Å². The zero-order valence-corrected chi connectivity index (χ0v) is 10.4. The summed E-state index contributed by atoms with van der Waals surface area (Å²) in [5.41, 5.74) is -0.321. The topological polar surface area (TPSA) is 42.0 Å². The number of nitrogens with one attached hydrogen (secondary N) is 1. The molecule has 0 bridgehead atoms. The van der Waals surface area contributed by atoms with Crippen LogP contribution >= 0.6 is 0 Å². The number of alkyl halides is 3. The second-order valence-electron chi connectivity index (χ2n) is 4.20. The van der Waals surface area contributed by atoms with E-state index in [1.54, 1.807) is 0 Å². The van der Waals surface area contributed by atoms with Crippen LogP contribution in [0.5, 0.6) is 0 Å². The molecule has 0 radical (unpaired) electrons. The molecule has 0 aromatic carbocycles. The first-order chi connectivity index (χ1) is 8.45. The molecule has 1 aromatic rings. The number of halogens is 3. The SMILES string of the molecule is O=S1CCC(Nc2ccc(C(F)(F)F)nc2)CC1. The normalized spacial score (nSPS) is 24.8. The molecule has 0 amide bonds. The van der Waals surface area contributed by atoms with Gasteiger partial charge < -0.3 is 5.32 Å². The van der Waals surface area contributed by atoms with Crippen molar-refractivity contribution >= 4 is 16.5 Å². The lowest BCUT2D eigenvalue weighted by Crippen LogP contribution is -2.29. The van der Waals surface area contributed by atoms with Gasteiger partial charge in [0.05, 0.1) is 11.9 Å². The first-order valence-corrected chi connectivity index (χ1v) is 7.09. The molecule has 1 N–H and O–H groups in total. The van der Waals surface area contributed by atoms with E-state index in [-0.39, 0.29) is 6.04 Å². The predicted octanol–water partition coefficient (Wildman–Crippen LogP) is 2.42. The monoisotopic (exact) mass is 278 g/mol. The summed E-state index contributed by atoms with van der Waals surface area (Å²) in [6.07, 6.45) is -1.67. The van der Waals surface area contributed by atoms with E-state index >= 15 is 0 Å². The van der Waals surface area contributed by atoms with Crippen molar-refractivity contribution in [2.24, 2.45) is 0 Å². The fourth-order valence-corrected chi connectivity index (χ4v) is 3.12. The molecule has 0 unspecified atom stereocenters. The zero-order valence-electron chi connectivity index (χ0n) is 9.54. The maximum Gasteiger partial charge on any atom is 0.433 e. The number of hydrogen-bond donors (Lipinski definition) is 1. The quantitative estimate of drug-likeness (QED) is 0.903. The molecular weight excluding hydrogens is 265 g/mol. The third-order valence-electron chi connectivity index (χ3n) is 2.81. The fraction of sp³-hybridized carbons (Fsp3) is 0.545. The van der Waals surface area contributed by atoms with Crippen LogP contribution in [-0.2, 0) is 17.0 Å². The Kier molecular flexibility index (Phi) is 3.89.